The second-order valence-corrected chi connectivity index (χ2v) is 5.14. The van der Waals surface area contributed by atoms with Crippen LogP contribution in [0.15, 0.2) is 42.7 Å². The molecule has 0 fully saturated rings. The van der Waals surface area contributed by atoms with Crippen molar-refractivity contribution in [2.24, 2.45) is 12.8 Å². The Hall–Kier alpha value is -2.07. The van der Waals surface area contributed by atoms with Gasteiger partial charge in [-0.15, -0.1) is 0 Å². The lowest BCUT2D eigenvalue weighted by Crippen LogP contribution is -2.05. The van der Waals surface area contributed by atoms with Gasteiger partial charge in [-0.2, -0.15) is 5.10 Å². The van der Waals surface area contributed by atoms with Gasteiger partial charge < -0.3 is 10.3 Å². The first kappa shape index (κ1) is 12.9. The highest BCUT2D eigenvalue weighted by Gasteiger charge is 2.04. The van der Waals surface area contributed by atoms with E-state index in [2.05, 4.69) is 46.2 Å². The van der Waals surface area contributed by atoms with Gasteiger partial charge in [-0.3, -0.25) is 4.68 Å². The largest absolute Gasteiger partial charge is 0.347 e. The number of hydrogen-bond donors (Lipinski definition) is 1. The van der Waals surface area contributed by atoms with Crippen LogP contribution in [0.2, 0.25) is 0 Å². The van der Waals surface area contributed by atoms with Crippen molar-refractivity contribution in [1.82, 2.24) is 14.3 Å². The summed E-state index contributed by atoms with van der Waals surface area (Å²) in [5, 5.41) is 5.50. The summed E-state index contributed by atoms with van der Waals surface area (Å²) in [6.45, 7) is 1.66. The second-order valence-electron chi connectivity index (χ2n) is 5.14. The number of nitrogens with two attached hydrogens (primary N) is 1. The normalized spacial score (nSPS) is 11.3. The minimum atomic E-state index is 0.696. The topological polar surface area (TPSA) is 48.8 Å². The highest BCUT2D eigenvalue weighted by atomic mass is 15.3. The molecule has 0 saturated heterocycles. The molecule has 4 nitrogen and oxygen atoms in total. The molecule has 0 aliphatic rings. The van der Waals surface area contributed by atoms with Gasteiger partial charge in [0.05, 0.1) is 0 Å². The minimum Gasteiger partial charge on any atom is -0.347 e. The smallest absolute Gasteiger partial charge is 0.0492 e. The van der Waals surface area contributed by atoms with Crippen LogP contribution in [0.4, 0.5) is 0 Å². The monoisotopic (exact) mass is 268 g/mol. The van der Waals surface area contributed by atoms with Crippen molar-refractivity contribution in [3.63, 3.8) is 0 Å². The second kappa shape index (κ2) is 5.51. The summed E-state index contributed by atoms with van der Waals surface area (Å²) in [4.78, 5) is 0. The fourth-order valence-electron chi connectivity index (χ4n) is 2.63. The molecule has 20 heavy (non-hydrogen) atoms. The molecule has 0 aliphatic heterocycles. The quantitative estimate of drug-likeness (QED) is 0.770. The van der Waals surface area contributed by atoms with Crippen LogP contribution < -0.4 is 5.73 Å². The Bertz CT molecular complexity index is 708. The van der Waals surface area contributed by atoms with E-state index in [1.807, 2.05) is 17.9 Å². The van der Waals surface area contributed by atoms with Crippen molar-refractivity contribution in [3.8, 4) is 0 Å². The van der Waals surface area contributed by atoms with E-state index in [0.29, 0.717) is 6.54 Å². The van der Waals surface area contributed by atoms with E-state index in [0.717, 1.165) is 19.4 Å². The number of fused-ring (bicyclic) bond motifs is 1. The molecule has 3 aromatic rings. The molecule has 2 N–H and O–H groups in total. The van der Waals surface area contributed by atoms with Gasteiger partial charge in [0.25, 0.3) is 0 Å². The van der Waals surface area contributed by atoms with Crippen molar-refractivity contribution in [2.75, 3.05) is 6.54 Å². The van der Waals surface area contributed by atoms with Gasteiger partial charge in [-0.1, -0.05) is 12.1 Å². The van der Waals surface area contributed by atoms with E-state index in [1.54, 1.807) is 0 Å². The van der Waals surface area contributed by atoms with E-state index in [9.17, 15) is 0 Å². The van der Waals surface area contributed by atoms with Crippen LogP contribution in [0.1, 0.15) is 11.3 Å². The summed E-state index contributed by atoms with van der Waals surface area (Å²) < 4.78 is 4.24. The van der Waals surface area contributed by atoms with Crippen LogP contribution >= 0.6 is 0 Å². The third kappa shape index (κ3) is 2.47. The predicted molar refractivity (Wildman–Crippen MR) is 81.6 cm³/mol. The summed E-state index contributed by atoms with van der Waals surface area (Å²) in [7, 11) is 1.99. The molecule has 0 bridgehead atoms. The van der Waals surface area contributed by atoms with Gasteiger partial charge >= 0.3 is 0 Å². The maximum atomic E-state index is 5.64. The van der Waals surface area contributed by atoms with E-state index in [1.165, 1.54) is 22.2 Å². The predicted octanol–water partition coefficient (Wildman–Crippen LogP) is 2.12. The summed E-state index contributed by atoms with van der Waals surface area (Å²) in [5.41, 5.74) is 9.49. The van der Waals surface area contributed by atoms with Gasteiger partial charge in [0.15, 0.2) is 0 Å². The third-order valence-corrected chi connectivity index (χ3v) is 3.80. The number of nitrogens with zero attached hydrogens (tertiary/aromatic N) is 3. The van der Waals surface area contributed by atoms with E-state index in [4.69, 9.17) is 5.73 Å². The Labute approximate surface area is 118 Å². The molecule has 0 spiro atoms. The summed E-state index contributed by atoms with van der Waals surface area (Å²) in [6, 6.07) is 10.9. The molecule has 0 radical (unpaired) electrons. The number of rotatable bonds is 5. The summed E-state index contributed by atoms with van der Waals surface area (Å²) in [5.74, 6) is 0. The number of aryl methyl sites for hydroxylation is 3. The van der Waals surface area contributed by atoms with Gasteiger partial charge in [-0.05, 0) is 42.1 Å². The lowest BCUT2D eigenvalue weighted by Gasteiger charge is -2.07. The lowest BCUT2D eigenvalue weighted by molar-refractivity contribution is 0.649. The molecule has 0 atom stereocenters. The van der Waals surface area contributed by atoms with E-state index < -0.39 is 0 Å². The maximum absolute atomic E-state index is 5.64. The van der Waals surface area contributed by atoms with Crippen molar-refractivity contribution >= 4 is 10.9 Å². The Morgan fingerprint density at radius 2 is 2.05 bits per heavy atom. The zero-order chi connectivity index (χ0) is 13.9. The van der Waals surface area contributed by atoms with Gasteiger partial charge in [0.1, 0.15) is 0 Å². The average molecular weight is 268 g/mol. The molecule has 0 aliphatic carbocycles. The van der Waals surface area contributed by atoms with Crippen LogP contribution in [0, 0.1) is 0 Å². The molecular formula is C16H20N4. The lowest BCUT2D eigenvalue weighted by atomic mass is 10.1. The third-order valence-electron chi connectivity index (χ3n) is 3.80. The van der Waals surface area contributed by atoms with Crippen molar-refractivity contribution in [2.45, 2.75) is 19.4 Å². The molecule has 4 heteroatoms. The maximum Gasteiger partial charge on any atom is 0.0492 e. The minimum absolute atomic E-state index is 0.696. The molecular weight excluding hydrogens is 248 g/mol. The van der Waals surface area contributed by atoms with Gasteiger partial charge in [0.2, 0.25) is 0 Å². The Balaban J connectivity index is 1.84. The van der Waals surface area contributed by atoms with Crippen molar-refractivity contribution < 1.29 is 0 Å². The van der Waals surface area contributed by atoms with Crippen LogP contribution in [0.5, 0.6) is 0 Å². The molecule has 1 aromatic carbocycles. The van der Waals surface area contributed by atoms with E-state index in [-0.39, 0.29) is 0 Å². The highest BCUT2D eigenvalue weighted by molar-refractivity contribution is 5.80. The molecule has 0 saturated carbocycles. The summed E-state index contributed by atoms with van der Waals surface area (Å²) >= 11 is 0. The first-order valence-electron chi connectivity index (χ1n) is 7.02. The number of aromatic nitrogens is 3. The molecule has 2 aromatic heterocycles. The molecule has 0 amide bonds. The fourth-order valence-corrected chi connectivity index (χ4v) is 2.63. The van der Waals surface area contributed by atoms with Gasteiger partial charge in [0, 0.05) is 43.6 Å². The van der Waals surface area contributed by atoms with Crippen LogP contribution in [0.3, 0.4) is 0 Å². The number of benzene rings is 1. The Morgan fingerprint density at radius 3 is 2.80 bits per heavy atom. The SMILES string of the molecule is Cn1nccc1CCn1ccc2ccc(CCN)cc21. The molecule has 0 unspecified atom stereocenters. The standard InChI is InChI=1S/C16H20N4/c1-19-15(5-9-18-19)7-11-20-10-6-14-3-2-13(4-8-17)12-16(14)20/h2-3,5-6,9-10,12H,4,7-8,11,17H2,1H3. The zero-order valence-corrected chi connectivity index (χ0v) is 11.8. The zero-order valence-electron chi connectivity index (χ0n) is 11.8. The first-order valence-corrected chi connectivity index (χ1v) is 7.02. The van der Waals surface area contributed by atoms with Crippen LogP contribution in [0.25, 0.3) is 10.9 Å². The van der Waals surface area contributed by atoms with E-state index >= 15 is 0 Å². The van der Waals surface area contributed by atoms with Crippen LogP contribution in [-0.4, -0.2) is 20.9 Å². The summed E-state index contributed by atoms with van der Waals surface area (Å²) in [6.07, 6.45) is 5.93. The fraction of sp³-hybridized carbons (Fsp3) is 0.312. The number of hydrogen-bond acceptors (Lipinski definition) is 2. The molecule has 3 rings (SSSR count). The Morgan fingerprint density at radius 1 is 1.15 bits per heavy atom. The molecule has 2 heterocycles. The van der Waals surface area contributed by atoms with Crippen LogP contribution in [-0.2, 0) is 26.4 Å². The Kier molecular flexibility index (Phi) is 3.56. The average Bonchev–Trinajstić information content (AvgIpc) is 3.03. The van der Waals surface area contributed by atoms with Crippen molar-refractivity contribution in [3.05, 3.63) is 54.0 Å². The van der Waals surface area contributed by atoms with Gasteiger partial charge in [-0.25, -0.2) is 0 Å². The highest BCUT2D eigenvalue weighted by Crippen LogP contribution is 2.18. The molecule has 104 valence electrons. The first-order chi connectivity index (χ1) is 9.78. The van der Waals surface area contributed by atoms with Crippen molar-refractivity contribution in [1.29, 1.82) is 0 Å².